The predicted octanol–water partition coefficient (Wildman–Crippen LogP) is 4.40. The van der Waals surface area contributed by atoms with Crippen molar-refractivity contribution < 1.29 is 14.3 Å². The molecule has 5 nitrogen and oxygen atoms in total. The first-order valence-corrected chi connectivity index (χ1v) is 12.6. The fourth-order valence-corrected chi connectivity index (χ4v) is 5.42. The van der Waals surface area contributed by atoms with Crippen LogP contribution < -0.4 is 0 Å². The van der Waals surface area contributed by atoms with Crippen LogP contribution in [0, 0.1) is 18.8 Å². The summed E-state index contributed by atoms with van der Waals surface area (Å²) in [6.45, 7) is 6.31. The van der Waals surface area contributed by atoms with E-state index in [4.69, 9.17) is 4.74 Å². The number of ether oxygens (including phenoxy) is 1. The van der Waals surface area contributed by atoms with Gasteiger partial charge in [0.05, 0.1) is 24.7 Å². The summed E-state index contributed by atoms with van der Waals surface area (Å²) >= 11 is 2.32. The van der Waals surface area contributed by atoms with E-state index in [1.807, 2.05) is 10.6 Å². The number of rotatable bonds is 4. The van der Waals surface area contributed by atoms with E-state index in [0.29, 0.717) is 25.8 Å². The number of carbonyl (C=O) groups is 2. The normalized spacial score (nSPS) is 24.3. The van der Waals surface area contributed by atoms with E-state index in [2.05, 4.69) is 53.1 Å². The van der Waals surface area contributed by atoms with E-state index in [-0.39, 0.29) is 23.6 Å². The highest BCUT2D eigenvalue weighted by Gasteiger charge is 2.40. The van der Waals surface area contributed by atoms with Crippen molar-refractivity contribution in [2.24, 2.45) is 11.8 Å². The van der Waals surface area contributed by atoms with Gasteiger partial charge in [-0.1, -0.05) is 13.0 Å². The summed E-state index contributed by atoms with van der Waals surface area (Å²) in [5, 5.41) is 5.61. The van der Waals surface area contributed by atoms with Gasteiger partial charge in [-0.15, -0.1) is 0 Å². The van der Waals surface area contributed by atoms with Gasteiger partial charge in [0, 0.05) is 11.8 Å². The third-order valence-electron chi connectivity index (χ3n) is 5.14. The van der Waals surface area contributed by atoms with Crippen LogP contribution in [0.1, 0.15) is 43.7 Å². The van der Waals surface area contributed by atoms with Crippen LogP contribution in [0.2, 0.25) is 0 Å². The Morgan fingerprint density at radius 2 is 2.24 bits per heavy atom. The topological polar surface area (TPSA) is 61.2 Å². The molecule has 0 aliphatic heterocycles. The molecule has 1 aromatic heterocycles. The van der Waals surface area contributed by atoms with Crippen molar-refractivity contribution in [2.45, 2.75) is 39.5 Å². The molecule has 1 heterocycles. The number of Topliss-reactive ketones (excluding diaryl/α,β-unsaturated/α-hetero) is 1. The highest BCUT2D eigenvalue weighted by atomic mass is 127. The van der Waals surface area contributed by atoms with Gasteiger partial charge in [0.25, 0.3) is 0 Å². The highest BCUT2D eigenvalue weighted by Crippen LogP contribution is 2.43. The van der Waals surface area contributed by atoms with E-state index >= 15 is 0 Å². The third kappa shape index (κ3) is 3.47. The molecule has 0 radical (unpaired) electrons. The van der Waals surface area contributed by atoms with Crippen LogP contribution in [-0.2, 0) is 14.3 Å². The second kappa shape index (κ2) is 7.70. The lowest BCUT2D eigenvalue weighted by atomic mass is 9.70. The Hall–Kier alpha value is -1.01. The van der Waals surface area contributed by atoms with E-state index < -0.39 is 5.92 Å². The number of halogens is 1. The zero-order valence-corrected chi connectivity index (χ0v) is 17.7. The number of ketones is 1. The molecular formula is C18H22IN2O3P. The van der Waals surface area contributed by atoms with Gasteiger partial charge in [0.1, 0.15) is 11.7 Å². The lowest BCUT2D eigenvalue weighted by Crippen LogP contribution is -2.35. The fourth-order valence-electron chi connectivity index (χ4n) is 3.88. The molecule has 4 unspecified atom stereocenters. The summed E-state index contributed by atoms with van der Waals surface area (Å²) in [5.74, 6) is -0.615. The average molecular weight is 472 g/mol. The summed E-state index contributed by atoms with van der Waals surface area (Å²) in [6, 6.07) is 4.21. The number of nitrogens with zero attached hydrogens (tertiary/aromatic N) is 2. The minimum Gasteiger partial charge on any atom is -0.465 e. The molecule has 1 saturated carbocycles. The van der Waals surface area contributed by atoms with Crippen molar-refractivity contribution in [3.05, 3.63) is 29.5 Å². The summed E-state index contributed by atoms with van der Waals surface area (Å²) in [5.41, 5.74) is 3.50. The van der Waals surface area contributed by atoms with Gasteiger partial charge < -0.3 is 4.74 Å². The quantitative estimate of drug-likeness (QED) is 0.287. The molecule has 4 atom stereocenters. The van der Waals surface area contributed by atoms with Crippen molar-refractivity contribution in [1.29, 1.82) is 0 Å². The number of aromatic nitrogens is 2. The van der Waals surface area contributed by atoms with E-state index in [1.54, 1.807) is 6.92 Å². The lowest BCUT2D eigenvalue weighted by Gasteiger charge is -2.33. The molecule has 2 aromatic rings. The fraction of sp³-hybridized carbons (Fsp3) is 0.500. The van der Waals surface area contributed by atoms with E-state index in [9.17, 15) is 9.59 Å². The molecule has 7 heteroatoms. The Bertz CT molecular complexity index is 820. The molecule has 1 aliphatic carbocycles. The minimum absolute atomic E-state index is 0.00103. The molecule has 1 aliphatic rings. The van der Waals surface area contributed by atoms with Crippen LogP contribution in [0.3, 0.4) is 0 Å². The van der Waals surface area contributed by atoms with Crippen molar-refractivity contribution in [1.82, 2.24) is 9.55 Å². The van der Waals surface area contributed by atoms with Crippen LogP contribution in [0.4, 0.5) is 0 Å². The summed E-state index contributed by atoms with van der Waals surface area (Å²) in [6.07, 6.45) is 3.40. The molecule has 25 heavy (non-hydrogen) atoms. The molecule has 0 saturated heterocycles. The SMILES string of the molecule is CCOC(=O)C1CC(C)C(c2c(C)ccc3c2cnn3PI)CC1=O. The summed E-state index contributed by atoms with van der Waals surface area (Å²) in [7, 11) is 0. The molecule has 0 bridgehead atoms. The van der Waals surface area contributed by atoms with Crippen molar-refractivity contribution in [3.8, 4) is 0 Å². The highest BCUT2D eigenvalue weighted by molar-refractivity contribution is 14.2. The van der Waals surface area contributed by atoms with E-state index in [0.717, 1.165) is 10.9 Å². The Morgan fingerprint density at radius 3 is 2.92 bits per heavy atom. The van der Waals surface area contributed by atoms with Crippen LogP contribution in [-0.4, -0.2) is 27.9 Å². The summed E-state index contributed by atoms with van der Waals surface area (Å²) in [4.78, 5) is 24.7. The van der Waals surface area contributed by atoms with Crippen LogP contribution in [0.25, 0.3) is 10.9 Å². The number of esters is 1. The molecule has 0 spiro atoms. The first-order chi connectivity index (χ1) is 12.0. The zero-order valence-electron chi connectivity index (χ0n) is 14.6. The monoisotopic (exact) mass is 472 g/mol. The second-order valence-electron chi connectivity index (χ2n) is 6.66. The molecular weight excluding hydrogens is 450 g/mol. The largest absolute Gasteiger partial charge is 0.465 e. The maximum absolute atomic E-state index is 12.6. The van der Waals surface area contributed by atoms with Crippen molar-refractivity contribution >= 4 is 51.1 Å². The standard InChI is InChI=1S/C18H22IN2O3P/c1-4-24-18(23)13-7-11(3)12(8-16(13)22)17-10(2)5-6-15-14(17)9-20-21(15)25-19/h5-6,9,11-13,25H,4,7-8H2,1-3H3. The number of aryl methyl sites for hydroxylation is 1. The smallest absolute Gasteiger partial charge is 0.316 e. The maximum Gasteiger partial charge on any atom is 0.316 e. The minimum atomic E-state index is -0.607. The lowest BCUT2D eigenvalue weighted by molar-refractivity contribution is -0.153. The molecule has 0 amide bonds. The molecule has 134 valence electrons. The zero-order chi connectivity index (χ0) is 18.1. The molecule has 1 fully saturated rings. The second-order valence-corrected chi connectivity index (χ2v) is 8.70. The van der Waals surface area contributed by atoms with Gasteiger partial charge in [-0.2, -0.15) is 5.10 Å². The third-order valence-corrected chi connectivity index (χ3v) is 7.03. The van der Waals surface area contributed by atoms with Gasteiger partial charge >= 0.3 is 5.97 Å². The molecule has 0 N–H and O–H groups in total. The maximum atomic E-state index is 12.6. The first kappa shape index (κ1) is 18.8. The Labute approximate surface area is 162 Å². The van der Waals surface area contributed by atoms with Crippen molar-refractivity contribution in [2.75, 3.05) is 6.61 Å². The van der Waals surface area contributed by atoms with Crippen LogP contribution >= 0.6 is 28.4 Å². The van der Waals surface area contributed by atoms with Gasteiger partial charge in [0.2, 0.25) is 0 Å². The Balaban J connectivity index is 1.97. The number of carbonyl (C=O) groups excluding carboxylic acids is 2. The van der Waals surface area contributed by atoms with Crippen LogP contribution in [0.5, 0.6) is 0 Å². The van der Waals surface area contributed by atoms with E-state index in [1.165, 1.54) is 11.1 Å². The average Bonchev–Trinajstić information content (AvgIpc) is 3.00. The first-order valence-electron chi connectivity index (χ1n) is 8.51. The van der Waals surface area contributed by atoms with Crippen LogP contribution in [0.15, 0.2) is 18.3 Å². The number of hydrogen-bond donors (Lipinski definition) is 0. The van der Waals surface area contributed by atoms with Gasteiger partial charge in [-0.3, -0.25) is 9.59 Å². The molecule has 1 aromatic carbocycles. The van der Waals surface area contributed by atoms with Gasteiger partial charge in [0.15, 0.2) is 0 Å². The van der Waals surface area contributed by atoms with Crippen molar-refractivity contribution in [3.63, 3.8) is 0 Å². The Kier molecular flexibility index (Phi) is 5.78. The predicted molar refractivity (Wildman–Crippen MR) is 108 cm³/mol. The van der Waals surface area contributed by atoms with Gasteiger partial charge in [-0.05, 0) is 71.3 Å². The number of benzene rings is 1. The summed E-state index contributed by atoms with van der Waals surface area (Å²) < 4.78 is 7.08. The Morgan fingerprint density at radius 1 is 1.48 bits per heavy atom. The van der Waals surface area contributed by atoms with Gasteiger partial charge in [-0.25, -0.2) is 4.45 Å². The number of fused-ring (bicyclic) bond motifs is 1. The molecule has 3 rings (SSSR count). The number of hydrogen-bond acceptors (Lipinski definition) is 4.